The van der Waals surface area contributed by atoms with Gasteiger partial charge in [0, 0.05) is 23.4 Å². The highest BCUT2D eigenvalue weighted by molar-refractivity contribution is 7.80. The molecule has 1 aliphatic heterocycles. The Balaban J connectivity index is 1.61. The van der Waals surface area contributed by atoms with Gasteiger partial charge in [0.15, 0.2) is 16.6 Å². The van der Waals surface area contributed by atoms with Gasteiger partial charge in [-0.1, -0.05) is 13.0 Å². The Morgan fingerprint density at radius 3 is 2.44 bits per heavy atom. The number of anilines is 2. The van der Waals surface area contributed by atoms with Crippen LogP contribution in [0.2, 0.25) is 0 Å². The molecule has 140 valence electrons. The minimum Gasteiger partial charge on any atom is -0.486 e. The van der Waals surface area contributed by atoms with Gasteiger partial charge in [-0.25, -0.2) is 0 Å². The summed E-state index contributed by atoms with van der Waals surface area (Å²) in [7, 11) is 0. The molecule has 1 heterocycles. The van der Waals surface area contributed by atoms with Gasteiger partial charge in [0.2, 0.25) is 5.91 Å². The Hall–Kier alpha value is -3.13. The number of hydrogen-bond donors (Lipinski definition) is 3. The van der Waals surface area contributed by atoms with E-state index in [4.69, 9.17) is 21.7 Å². The third-order valence-corrected chi connectivity index (χ3v) is 3.96. The van der Waals surface area contributed by atoms with Crippen LogP contribution in [0.25, 0.3) is 0 Å². The summed E-state index contributed by atoms with van der Waals surface area (Å²) in [5.41, 5.74) is 1.71. The van der Waals surface area contributed by atoms with Crippen molar-refractivity contribution in [2.24, 2.45) is 0 Å². The maximum Gasteiger partial charge on any atom is 0.257 e. The van der Waals surface area contributed by atoms with E-state index in [2.05, 4.69) is 16.0 Å². The van der Waals surface area contributed by atoms with Crippen molar-refractivity contribution in [1.82, 2.24) is 5.32 Å². The molecule has 7 nitrogen and oxygen atoms in total. The number of benzene rings is 2. The number of ether oxygens (including phenoxy) is 2. The van der Waals surface area contributed by atoms with E-state index in [-0.39, 0.29) is 16.9 Å². The number of hydrogen-bond acceptors (Lipinski definition) is 5. The molecule has 0 radical (unpaired) electrons. The zero-order valence-corrected chi connectivity index (χ0v) is 15.5. The molecule has 0 bridgehead atoms. The number of nitrogens with one attached hydrogen (secondary N) is 3. The minimum atomic E-state index is -0.361. The molecule has 0 atom stereocenters. The Labute approximate surface area is 162 Å². The van der Waals surface area contributed by atoms with Gasteiger partial charge in [0.25, 0.3) is 5.91 Å². The molecule has 0 aliphatic carbocycles. The molecular weight excluding hydrogens is 366 g/mol. The van der Waals surface area contributed by atoms with E-state index in [1.165, 1.54) is 0 Å². The largest absolute Gasteiger partial charge is 0.486 e. The molecule has 0 fully saturated rings. The van der Waals surface area contributed by atoms with E-state index in [1.807, 2.05) is 0 Å². The number of amides is 2. The Bertz CT molecular complexity index is 885. The molecule has 0 saturated carbocycles. The van der Waals surface area contributed by atoms with E-state index >= 15 is 0 Å². The lowest BCUT2D eigenvalue weighted by atomic mass is 10.2. The number of rotatable bonds is 4. The Kier molecular flexibility index (Phi) is 5.87. The second kappa shape index (κ2) is 8.50. The SMILES string of the molecule is CCC(=O)Nc1cccc(NC(=S)NC(=O)c2ccc3c(c2)OCCO3)c1. The van der Waals surface area contributed by atoms with Crippen molar-refractivity contribution in [2.45, 2.75) is 13.3 Å². The first-order valence-corrected chi connectivity index (χ1v) is 8.88. The normalized spacial score (nSPS) is 12.0. The van der Waals surface area contributed by atoms with Crippen molar-refractivity contribution >= 4 is 40.5 Å². The third kappa shape index (κ3) is 4.95. The first kappa shape index (κ1) is 18.7. The Morgan fingerprint density at radius 1 is 1.00 bits per heavy atom. The fourth-order valence-corrected chi connectivity index (χ4v) is 2.66. The van der Waals surface area contributed by atoms with E-state index < -0.39 is 0 Å². The highest BCUT2D eigenvalue weighted by Crippen LogP contribution is 2.30. The van der Waals surface area contributed by atoms with Gasteiger partial charge < -0.3 is 20.1 Å². The molecule has 1 aliphatic rings. The van der Waals surface area contributed by atoms with Crippen LogP contribution in [-0.4, -0.2) is 30.1 Å². The molecule has 2 aromatic carbocycles. The summed E-state index contributed by atoms with van der Waals surface area (Å²) in [5.74, 6) is 0.707. The lowest BCUT2D eigenvalue weighted by molar-refractivity contribution is -0.115. The fraction of sp³-hybridized carbons (Fsp3) is 0.211. The maximum atomic E-state index is 12.4. The van der Waals surface area contributed by atoms with E-state index in [0.29, 0.717) is 48.1 Å². The molecule has 2 amide bonds. The van der Waals surface area contributed by atoms with Crippen molar-refractivity contribution in [2.75, 3.05) is 23.8 Å². The van der Waals surface area contributed by atoms with Gasteiger partial charge in [0.05, 0.1) is 0 Å². The van der Waals surface area contributed by atoms with E-state index in [1.54, 1.807) is 49.4 Å². The van der Waals surface area contributed by atoms with Gasteiger partial charge >= 0.3 is 0 Å². The first-order valence-electron chi connectivity index (χ1n) is 8.47. The molecule has 0 unspecified atom stereocenters. The zero-order chi connectivity index (χ0) is 19.2. The van der Waals surface area contributed by atoms with Crippen LogP contribution < -0.4 is 25.4 Å². The predicted octanol–water partition coefficient (Wildman–Crippen LogP) is 2.93. The summed E-state index contributed by atoms with van der Waals surface area (Å²) < 4.78 is 10.9. The van der Waals surface area contributed by atoms with E-state index in [0.717, 1.165) is 0 Å². The van der Waals surface area contributed by atoms with Gasteiger partial charge in [-0.05, 0) is 48.6 Å². The molecule has 0 aromatic heterocycles. The summed E-state index contributed by atoms with van der Waals surface area (Å²) in [5, 5.41) is 8.46. The number of thiocarbonyl (C=S) groups is 1. The third-order valence-electron chi connectivity index (χ3n) is 3.76. The van der Waals surface area contributed by atoms with Crippen LogP contribution in [0.3, 0.4) is 0 Å². The molecule has 2 aromatic rings. The first-order chi connectivity index (χ1) is 13.0. The van der Waals surface area contributed by atoms with Crippen LogP contribution in [0, 0.1) is 0 Å². The van der Waals surface area contributed by atoms with Crippen molar-refractivity contribution in [3.05, 3.63) is 48.0 Å². The smallest absolute Gasteiger partial charge is 0.257 e. The standard InChI is InChI=1S/C19H19N3O4S/c1-2-17(23)20-13-4-3-5-14(11-13)21-19(27)22-18(24)12-6-7-15-16(10-12)26-9-8-25-15/h3-7,10-11H,2,8-9H2,1H3,(H,20,23)(H2,21,22,24,27). The van der Waals surface area contributed by atoms with Gasteiger partial charge in [-0.15, -0.1) is 0 Å². The van der Waals surface area contributed by atoms with Crippen LogP contribution in [0.4, 0.5) is 11.4 Å². The predicted molar refractivity (Wildman–Crippen MR) is 106 cm³/mol. The molecular formula is C19H19N3O4S. The molecule has 3 N–H and O–H groups in total. The average molecular weight is 385 g/mol. The van der Waals surface area contributed by atoms with Crippen molar-refractivity contribution in [3.8, 4) is 11.5 Å². The van der Waals surface area contributed by atoms with Gasteiger partial charge in [-0.3, -0.25) is 14.9 Å². The molecule has 27 heavy (non-hydrogen) atoms. The lowest BCUT2D eigenvalue weighted by Gasteiger charge is -2.18. The molecule has 0 spiro atoms. The monoisotopic (exact) mass is 385 g/mol. The second-order valence-electron chi connectivity index (χ2n) is 5.75. The molecule has 8 heteroatoms. The zero-order valence-electron chi connectivity index (χ0n) is 14.7. The van der Waals surface area contributed by atoms with Crippen molar-refractivity contribution in [3.63, 3.8) is 0 Å². The van der Waals surface area contributed by atoms with Crippen molar-refractivity contribution in [1.29, 1.82) is 0 Å². The number of carbonyl (C=O) groups excluding carboxylic acids is 2. The van der Waals surface area contributed by atoms with Crippen LogP contribution in [0.15, 0.2) is 42.5 Å². The van der Waals surface area contributed by atoms with Crippen LogP contribution >= 0.6 is 12.2 Å². The van der Waals surface area contributed by atoms with Gasteiger partial charge in [0.1, 0.15) is 13.2 Å². The Morgan fingerprint density at radius 2 is 1.70 bits per heavy atom. The summed E-state index contributed by atoms with van der Waals surface area (Å²) in [4.78, 5) is 23.9. The minimum absolute atomic E-state index is 0.0818. The van der Waals surface area contributed by atoms with Crippen LogP contribution in [0.1, 0.15) is 23.7 Å². The highest BCUT2D eigenvalue weighted by Gasteiger charge is 2.15. The lowest BCUT2D eigenvalue weighted by Crippen LogP contribution is -2.34. The summed E-state index contributed by atoms with van der Waals surface area (Å²) in [6, 6.07) is 12.0. The second-order valence-corrected chi connectivity index (χ2v) is 6.16. The molecule has 0 saturated heterocycles. The van der Waals surface area contributed by atoms with Crippen LogP contribution in [-0.2, 0) is 4.79 Å². The highest BCUT2D eigenvalue weighted by atomic mass is 32.1. The summed E-state index contributed by atoms with van der Waals surface area (Å²) in [6.45, 7) is 2.72. The number of fused-ring (bicyclic) bond motifs is 1. The average Bonchev–Trinajstić information content (AvgIpc) is 2.67. The van der Waals surface area contributed by atoms with Crippen LogP contribution in [0.5, 0.6) is 11.5 Å². The fourth-order valence-electron chi connectivity index (χ4n) is 2.45. The van der Waals surface area contributed by atoms with Gasteiger partial charge in [-0.2, -0.15) is 0 Å². The van der Waals surface area contributed by atoms with E-state index in [9.17, 15) is 9.59 Å². The molecule has 3 rings (SSSR count). The summed E-state index contributed by atoms with van der Waals surface area (Å²) in [6.07, 6.45) is 0.391. The van der Waals surface area contributed by atoms with Crippen molar-refractivity contribution < 1.29 is 19.1 Å². The topological polar surface area (TPSA) is 88.7 Å². The quantitative estimate of drug-likeness (QED) is 0.702. The summed E-state index contributed by atoms with van der Waals surface area (Å²) >= 11 is 5.20. The number of carbonyl (C=O) groups is 2. The maximum absolute atomic E-state index is 12.4.